The second-order valence-electron chi connectivity index (χ2n) is 12.1. The van der Waals surface area contributed by atoms with Gasteiger partial charge in [-0.25, -0.2) is 0 Å². The predicted molar refractivity (Wildman–Crippen MR) is 171 cm³/mol. The van der Waals surface area contributed by atoms with Gasteiger partial charge in [0.05, 0.1) is 47.4 Å². The van der Waals surface area contributed by atoms with E-state index >= 15 is 0 Å². The standard InChI is InChI=1S/C35H38ClN3O6/c1-4-34-18-19-35(45-34)28(27(34)31(41)37-23-14-16-24(17-15-23)44-5-2)33(43)39(26(20-40)22-11-7-6-8-12-22)30(35)32(42)38-29-21(3)10-9-13-25(29)36/h6-17,26-28,30,40H,4-5,18-20H2,1-3H3,(H,37,41)(H,38,42)/t26-,27-,28+,30?,34+,35?/m1/s1. The average Bonchev–Trinajstić information content (AvgIpc) is 3.65. The molecule has 0 saturated carbocycles. The van der Waals surface area contributed by atoms with Gasteiger partial charge in [0, 0.05) is 5.69 Å². The molecule has 3 heterocycles. The van der Waals surface area contributed by atoms with Gasteiger partial charge in [-0.1, -0.05) is 61.0 Å². The number of rotatable bonds is 10. The van der Waals surface area contributed by atoms with Gasteiger partial charge in [0.2, 0.25) is 17.7 Å². The summed E-state index contributed by atoms with van der Waals surface area (Å²) in [6.45, 7) is 5.79. The number of aliphatic hydroxyl groups excluding tert-OH is 1. The van der Waals surface area contributed by atoms with Crippen LogP contribution in [0.1, 0.15) is 50.3 Å². The smallest absolute Gasteiger partial charge is 0.250 e. The molecule has 3 aliphatic rings. The Morgan fingerprint density at radius 3 is 2.40 bits per heavy atom. The van der Waals surface area contributed by atoms with Gasteiger partial charge in [-0.05, 0) is 74.6 Å². The van der Waals surface area contributed by atoms with Crippen LogP contribution in [-0.4, -0.2) is 58.2 Å². The van der Waals surface area contributed by atoms with Crippen molar-refractivity contribution in [2.45, 2.75) is 63.3 Å². The molecule has 3 aromatic rings. The average molecular weight is 632 g/mol. The summed E-state index contributed by atoms with van der Waals surface area (Å²) in [4.78, 5) is 44.8. The first-order valence-electron chi connectivity index (χ1n) is 15.5. The van der Waals surface area contributed by atoms with Gasteiger partial charge in [-0.15, -0.1) is 0 Å². The molecule has 236 valence electrons. The number of hydrogen-bond acceptors (Lipinski definition) is 6. The normalized spacial score (nSPS) is 27.3. The highest BCUT2D eigenvalue weighted by molar-refractivity contribution is 6.34. The molecule has 6 atom stereocenters. The van der Waals surface area contributed by atoms with Gasteiger partial charge in [-0.2, -0.15) is 0 Å². The molecule has 3 saturated heterocycles. The van der Waals surface area contributed by atoms with Crippen LogP contribution in [0, 0.1) is 18.8 Å². The Bertz CT molecular complexity index is 1580. The van der Waals surface area contributed by atoms with Crippen molar-refractivity contribution in [1.82, 2.24) is 4.90 Å². The number of anilines is 2. The van der Waals surface area contributed by atoms with Gasteiger partial charge in [0.25, 0.3) is 0 Å². The minimum absolute atomic E-state index is 0.343. The number of carbonyl (C=O) groups excluding carboxylic acids is 3. The number of nitrogens with one attached hydrogen (secondary N) is 2. The zero-order valence-electron chi connectivity index (χ0n) is 25.6. The van der Waals surface area contributed by atoms with E-state index in [2.05, 4.69) is 10.6 Å². The number of hydrogen-bond donors (Lipinski definition) is 3. The highest BCUT2D eigenvalue weighted by Gasteiger charge is 2.79. The fraction of sp³-hybridized carbons (Fsp3) is 0.400. The lowest BCUT2D eigenvalue weighted by Crippen LogP contribution is -2.54. The fourth-order valence-electron chi connectivity index (χ4n) is 7.72. The number of amides is 3. The van der Waals surface area contributed by atoms with Crippen molar-refractivity contribution in [3.63, 3.8) is 0 Å². The maximum absolute atomic E-state index is 14.7. The van der Waals surface area contributed by atoms with E-state index in [1.165, 1.54) is 4.90 Å². The summed E-state index contributed by atoms with van der Waals surface area (Å²) in [5, 5.41) is 17.1. The van der Waals surface area contributed by atoms with Gasteiger partial charge < -0.3 is 30.1 Å². The third-order valence-corrected chi connectivity index (χ3v) is 10.1. The molecule has 0 aliphatic carbocycles. The number of ether oxygens (including phenoxy) is 2. The van der Waals surface area contributed by atoms with E-state index in [-0.39, 0.29) is 5.91 Å². The van der Waals surface area contributed by atoms with Crippen LogP contribution in [-0.2, 0) is 19.1 Å². The van der Waals surface area contributed by atoms with E-state index in [9.17, 15) is 19.5 Å². The van der Waals surface area contributed by atoms with E-state index in [1.54, 1.807) is 36.4 Å². The summed E-state index contributed by atoms with van der Waals surface area (Å²) >= 11 is 6.51. The van der Waals surface area contributed by atoms with Gasteiger partial charge >= 0.3 is 0 Å². The molecule has 3 amide bonds. The molecule has 0 aromatic heterocycles. The van der Waals surface area contributed by atoms with Crippen LogP contribution in [0.15, 0.2) is 72.8 Å². The molecular formula is C35H38ClN3O6. The lowest BCUT2D eigenvalue weighted by Gasteiger charge is -2.37. The molecule has 3 aromatic carbocycles. The Hall–Kier alpha value is -3.92. The van der Waals surface area contributed by atoms with Crippen LogP contribution in [0.25, 0.3) is 0 Å². The van der Waals surface area contributed by atoms with Crippen LogP contribution in [0.2, 0.25) is 5.02 Å². The Labute approximate surface area is 267 Å². The number of nitrogens with zero attached hydrogens (tertiary/aromatic N) is 1. The van der Waals surface area contributed by atoms with E-state index in [1.807, 2.05) is 57.2 Å². The first-order chi connectivity index (χ1) is 21.7. The van der Waals surface area contributed by atoms with Crippen LogP contribution in [0.5, 0.6) is 5.75 Å². The first kappa shape index (κ1) is 31.1. The number of aliphatic hydroxyl groups is 1. The summed E-state index contributed by atoms with van der Waals surface area (Å²) in [6.07, 6.45) is 1.40. The van der Waals surface area contributed by atoms with Crippen molar-refractivity contribution in [1.29, 1.82) is 0 Å². The number of aryl methyl sites for hydroxylation is 1. The molecule has 3 fully saturated rings. The van der Waals surface area contributed by atoms with Crippen LogP contribution in [0.4, 0.5) is 11.4 Å². The molecule has 6 rings (SSSR count). The lowest BCUT2D eigenvalue weighted by atomic mass is 9.65. The molecule has 45 heavy (non-hydrogen) atoms. The van der Waals surface area contributed by atoms with Crippen molar-refractivity contribution >= 4 is 40.7 Å². The maximum atomic E-state index is 14.7. The Morgan fingerprint density at radius 2 is 1.76 bits per heavy atom. The molecule has 10 heteroatoms. The van der Waals surface area contributed by atoms with Crippen molar-refractivity contribution in [3.8, 4) is 5.75 Å². The van der Waals surface area contributed by atoms with Gasteiger partial charge in [0.15, 0.2) is 0 Å². The second kappa shape index (κ2) is 12.1. The summed E-state index contributed by atoms with van der Waals surface area (Å²) < 4.78 is 12.4. The number of para-hydroxylation sites is 1. The van der Waals surface area contributed by atoms with Crippen molar-refractivity contribution in [2.24, 2.45) is 11.8 Å². The molecular weight excluding hydrogens is 594 g/mol. The number of likely N-dealkylation sites (tertiary alicyclic amines) is 1. The van der Waals surface area contributed by atoms with Gasteiger partial charge in [-0.3, -0.25) is 14.4 Å². The SMILES string of the molecule is CCOc1ccc(NC(=O)[C@H]2[C@H]3C(=O)N([C@H](CO)c4ccccc4)C(C(=O)Nc4c(C)cccc4Cl)C34CC[C@]2(CC)O4)cc1. The molecule has 3 N–H and O–H groups in total. The van der Waals surface area contributed by atoms with Crippen molar-refractivity contribution < 1.29 is 29.0 Å². The zero-order chi connectivity index (χ0) is 31.9. The quantitative estimate of drug-likeness (QED) is 0.272. The molecule has 0 radical (unpaired) electrons. The molecule has 1 spiro atoms. The van der Waals surface area contributed by atoms with Crippen LogP contribution < -0.4 is 15.4 Å². The maximum Gasteiger partial charge on any atom is 0.250 e. The highest BCUT2D eigenvalue weighted by atomic mass is 35.5. The molecule has 2 bridgehead atoms. The Morgan fingerprint density at radius 1 is 1.02 bits per heavy atom. The minimum atomic E-state index is -1.28. The summed E-state index contributed by atoms with van der Waals surface area (Å²) in [5.74, 6) is -2.32. The third-order valence-electron chi connectivity index (χ3n) is 9.75. The summed E-state index contributed by atoms with van der Waals surface area (Å²) in [6, 6.07) is 19.5. The largest absolute Gasteiger partial charge is 0.494 e. The van der Waals surface area contributed by atoms with E-state index in [0.717, 1.165) is 5.56 Å². The van der Waals surface area contributed by atoms with Crippen LogP contribution in [0.3, 0.4) is 0 Å². The first-order valence-corrected chi connectivity index (χ1v) is 15.8. The Kier molecular flexibility index (Phi) is 8.37. The fourth-order valence-corrected chi connectivity index (χ4v) is 7.99. The van der Waals surface area contributed by atoms with Crippen molar-refractivity contribution in [3.05, 3.63) is 88.9 Å². The monoisotopic (exact) mass is 631 g/mol. The van der Waals surface area contributed by atoms with E-state index in [0.29, 0.717) is 53.6 Å². The highest BCUT2D eigenvalue weighted by Crippen LogP contribution is 2.65. The summed E-state index contributed by atoms with van der Waals surface area (Å²) in [7, 11) is 0. The summed E-state index contributed by atoms with van der Waals surface area (Å²) in [5.41, 5.74) is 0.231. The number of carbonyl (C=O) groups is 3. The zero-order valence-corrected chi connectivity index (χ0v) is 26.3. The minimum Gasteiger partial charge on any atom is -0.494 e. The molecule has 2 unspecified atom stereocenters. The molecule has 9 nitrogen and oxygen atoms in total. The van der Waals surface area contributed by atoms with E-state index in [4.69, 9.17) is 21.1 Å². The number of halogens is 1. The van der Waals surface area contributed by atoms with E-state index < -0.39 is 53.5 Å². The topological polar surface area (TPSA) is 117 Å². The number of fused-ring (bicyclic) bond motifs is 1. The van der Waals surface area contributed by atoms with Gasteiger partial charge in [0.1, 0.15) is 17.4 Å². The number of benzene rings is 3. The molecule has 3 aliphatic heterocycles. The second-order valence-corrected chi connectivity index (χ2v) is 12.5. The third kappa shape index (κ3) is 5.07. The lowest BCUT2D eigenvalue weighted by molar-refractivity contribution is -0.148. The Balaban J connectivity index is 1.42. The predicted octanol–water partition coefficient (Wildman–Crippen LogP) is 5.51. The van der Waals surface area contributed by atoms with Crippen molar-refractivity contribution in [2.75, 3.05) is 23.8 Å². The van der Waals surface area contributed by atoms with Crippen LogP contribution >= 0.6 is 11.6 Å².